The monoisotopic (exact) mass is 750 g/mol. The highest BCUT2D eigenvalue weighted by atomic mass is 31.2. The second kappa shape index (κ2) is 21.2. The van der Waals surface area contributed by atoms with Crippen molar-refractivity contribution in [3.63, 3.8) is 0 Å². The molecule has 0 spiro atoms. The van der Waals surface area contributed by atoms with Crippen molar-refractivity contribution in [3.05, 3.63) is 18.6 Å². The largest absolute Gasteiger partial charge is 0.406 e. The molecule has 0 saturated carbocycles. The van der Waals surface area contributed by atoms with E-state index in [1.165, 1.54) is 54.9 Å². The Bertz CT molecular complexity index is 1330. The third-order valence-corrected chi connectivity index (χ3v) is 12.3. The highest BCUT2D eigenvalue weighted by Gasteiger charge is 2.45. The SMILES string of the molecule is CCN(CC)CC.CCN(CC)CC.Nc1ncnc2c1ccn2[C@H]1C[C@H](OP(=O)(O)N2CCOCC2)[C@@H](COP(=O)(O)N2CCOCC2)O1. The van der Waals surface area contributed by atoms with Crippen LogP contribution in [-0.2, 0) is 32.4 Å². The maximum atomic E-state index is 13.1. The molecule has 3 fully saturated rings. The van der Waals surface area contributed by atoms with E-state index in [0.717, 1.165) is 0 Å². The molecule has 0 aliphatic carbocycles. The van der Waals surface area contributed by atoms with Crippen LogP contribution in [0.1, 0.15) is 54.2 Å². The molecule has 5 rings (SSSR count). The molecule has 0 amide bonds. The Morgan fingerprint density at radius 1 is 0.840 bits per heavy atom. The maximum Gasteiger partial charge on any atom is 0.406 e. The van der Waals surface area contributed by atoms with Gasteiger partial charge in [-0.3, -0.25) is 9.05 Å². The fraction of sp³-hybridized carbons (Fsp3) is 0.806. The van der Waals surface area contributed by atoms with Gasteiger partial charge in [0.25, 0.3) is 0 Å². The maximum absolute atomic E-state index is 13.1. The number of morpholine rings is 2. The van der Waals surface area contributed by atoms with E-state index in [-0.39, 0.29) is 39.2 Å². The molecule has 50 heavy (non-hydrogen) atoms. The third-order valence-electron chi connectivity index (χ3n) is 9.08. The summed E-state index contributed by atoms with van der Waals surface area (Å²) in [5.74, 6) is 0.309. The van der Waals surface area contributed by atoms with Crippen molar-refractivity contribution in [2.24, 2.45) is 0 Å². The lowest BCUT2D eigenvalue weighted by atomic mass is 10.2. The van der Waals surface area contributed by atoms with Gasteiger partial charge in [-0.2, -0.15) is 0 Å². The van der Waals surface area contributed by atoms with Gasteiger partial charge in [0.15, 0.2) is 0 Å². The van der Waals surface area contributed by atoms with Gasteiger partial charge >= 0.3 is 15.5 Å². The van der Waals surface area contributed by atoms with Gasteiger partial charge in [0.05, 0.1) is 38.4 Å². The normalized spacial score (nSPS) is 24.3. The van der Waals surface area contributed by atoms with Crippen LogP contribution in [0.5, 0.6) is 0 Å². The standard InChI is InChI=1S/C19H30N6O9P2.2C6H15N/c20-18-14-1-2-25(19(14)22-13-21-18)17-11-15(34-36(28,29)24-5-9-31-10-6-24)16(33-17)12-32-35(26,27)23-3-7-30-8-4-23;2*1-4-7(5-2)6-3/h1-2,13,15-17H,3-12H2,(H,26,27)(H,28,29)(H2,20,21,22);2*4-6H2,1-3H3/t15-,16+,17+;;/m0../s1. The van der Waals surface area contributed by atoms with Gasteiger partial charge in [0, 0.05) is 38.8 Å². The second-order valence-corrected chi connectivity index (χ2v) is 15.4. The van der Waals surface area contributed by atoms with E-state index < -0.39 is 33.9 Å². The molecule has 288 valence electrons. The quantitative estimate of drug-likeness (QED) is 0.238. The summed E-state index contributed by atoms with van der Waals surface area (Å²) in [5, 5.41) is 0.631. The van der Waals surface area contributed by atoms with E-state index in [0.29, 0.717) is 43.3 Å². The second-order valence-electron chi connectivity index (χ2n) is 11.9. The lowest BCUT2D eigenvalue weighted by Crippen LogP contribution is -2.37. The van der Waals surface area contributed by atoms with Crippen LogP contribution >= 0.6 is 15.5 Å². The smallest absolute Gasteiger partial charge is 0.383 e. The van der Waals surface area contributed by atoms with Crippen molar-refractivity contribution in [2.45, 2.75) is 66.4 Å². The summed E-state index contributed by atoms with van der Waals surface area (Å²) in [6.45, 7) is 22.2. The fourth-order valence-electron chi connectivity index (χ4n) is 5.80. The Morgan fingerprint density at radius 3 is 1.82 bits per heavy atom. The predicted octanol–water partition coefficient (Wildman–Crippen LogP) is 3.26. The molecular formula is C31H60N8O9P2. The zero-order valence-corrected chi connectivity index (χ0v) is 32.4. The molecule has 3 saturated heterocycles. The van der Waals surface area contributed by atoms with Gasteiger partial charge in [-0.1, -0.05) is 41.5 Å². The highest BCUT2D eigenvalue weighted by molar-refractivity contribution is 7.50. The van der Waals surface area contributed by atoms with Gasteiger partial charge in [-0.05, 0) is 45.3 Å². The van der Waals surface area contributed by atoms with Gasteiger partial charge in [-0.15, -0.1) is 0 Å². The molecule has 3 aliphatic heterocycles. The van der Waals surface area contributed by atoms with Crippen molar-refractivity contribution in [1.82, 2.24) is 33.7 Å². The zero-order chi connectivity index (χ0) is 36.7. The summed E-state index contributed by atoms with van der Waals surface area (Å²) >= 11 is 0. The molecule has 3 aliphatic rings. The van der Waals surface area contributed by atoms with Crippen molar-refractivity contribution < 1.29 is 42.2 Å². The number of ether oxygens (including phenoxy) is 3. The van der Waals surface area contributed by atoms with E-state index in [4.69, 9.17) is 29.0 Å². The molecule has 0 aromatic carbocycles. The van der Waals surface area contributed by atoms with E-state index in [9.17, 15) is 18.9 Å². The van der Waals surface area contributed by atoms with Crippen LogP contribution in [0.15, 0.2) is 18.6 Å². The van der Waals surface area contributed by atoms with Crippen LogP contribution in [0.4, 0.5) is 5.82 Å². The summed E-state index contributed by atoms with van der Waals surface area (Å²) in [4.78, 5) is 34.2. The Kier molecular flexibility index (Phi) is 18.2. The van der Waals surface area contributed by atoms with E-state index in [2.05, 4.69) is 61.3 Å². The van der Waals surface area contributed by atoms with Crippen LogP contribution in [-0.4, -0.2) is 154 Å². The minimum Gasteiger partial charge on any atom is -0.383 e. The zero-order valence-electron chi connectivity index (χ0n) is 30.6. The average molecular weight is 751 g/mol. The number of nitrogens with two attached hydrogens (primary N) is 1. The Hall–Kier alpha value is -1.56. The van der Waals surface area contributed by atoms with E-state index >= 15 is 0 Å². The third kappa shape index (κ3) is 12.3. The van der Waals surface area contributed by atoms with Gasteiger partial charge in [0.1, 0.15) is 36.2 Å². The molecule has 4 N–H and O–H groups in total. The first kappa shape index (κ1) is 42.8. The molecule has 5 atom stereocenters. The number of nitrogen functional groups attached to an aromatic ring is 1. The number of anilines is 1. The summed E-state index contributed by atoms with van der Waals surface area (Å²) in [7, 11) is -8.33. The molecule has 0 radical (unpaired) electrons. The minimum absolute atomic E-state index is 0.171. The van der Waals surface area contributed by atoms with Crippen LogP contribution in [0.25, 0.3) is 11.0 Å². The minimum atomic E-state index is -4.20. The number of rotatable bonds is 14. The van der Waals surface area contributed by atoms with Crippen molar-refractivity contribution in [3.8, 4) is 0 Å². The lowest BCUT2D eigenvalue weighted by Gasteiger charge is -2.32. The summed E-state index contributed by atoms with van der Waals surface area (Å²) in [6.07, 6.45) is 0.768. The molecular weight excluding hydrogens is 690 g/mol. The Balaban J connectivity index is 0.000000408. The first-order valence-electron chi connectivity index (χ1n) is 17.8. The van der Waals surface area contributed by atoms with Crippen molar-refractivity contribution >= 4 is 32.3 Å². The molecule has 2 unspecified atom stereocenters. The van der Waals surface area contributed by atoms with Crippen LogP contribution in [0.3, 0.4) is 0 Å². The first-order chi connectivity index (χ1) is 23.9. The fourth-order valence-corrected chi connectivity index (χ4v) is 8.35. The number of aromatic nitrogens is 3. The molecule has 17 nitrogen and oxygen atoms in total. The van der Waals surface area contributed by atoms with Crippen molar-refractivity contribution in [2.75, 3.05) is 104 Å². The van der Waals surface area contributed by atoms with Crippen molar-refractivity contribution in [1.29, 1.82) is 0 Å². The summed E-state index contributed by atoms with van der Waals surface area (Å²) in [5.41, 5.74) is 6.47. The summed E-state index contributed by atoms with van der Waals surface area (Å²) < 4.78 is 58.1. The molecule has 0 bridgehead atoms. The van der Waals surface area contributed by atoms with Crippen LogP contribution in [0.2, 0.25) is 0 Å². The van der Waals surface area contributed by atoms with E-state index in [1.54, 1.807) is 16.8 Å². The summed E-state index contributed by atoms with van der Waals surface area (Å²) in [6, 6.07) is 1.75. The highest BCUT2D eigenvalue weighted by Crippen LogP contribution is 2.52. The van der Waals surface area contributed by atoms with E-state index in [1.807, 2.05) is 0 Å². The molecule has 2 aromatic rings. The molecule has 19 heteroatoms. The van der Waals surface area contributed by atoms with Gasteiger partial charge < -0.3 is 44.1 Å². The Labute approximate surface area is 297 Å². The van der Waals surface area contributed by atoms with Crippen LogP contribution < -0.4 is 5.73 Å². The number of hydrogen-bond acceptors (Lipinski definition) is 12. The lowest BCUT2D eigenvalue weighted by molar-refractivity contribution is -0.0427. The predicted molar refractivity (Wildman–Crippen MR) is 193 cm³/mol. The molecule has 5 heterocycles. The molecule has 2 aromatic heterocycles. The van der Waals surface area contributed by atoms with Gasteiger partial charge in [0.2, 0.25) is 0 Å². The number of hydrogen-bond donors (Lipinski definition) is 3. The van der Waals surface area contributed by atoms with Gasteiger partial charge in [-0.25, -0.2) is 28.4 Å². The number of fused-ring (bicyclic) bond motifs is 1. The Morgan fingerprint density at radius 2 is 1.34 bits per heavy atom. The first-order valence-corrected chi connectivity index (χ1v) is 20.8. The average Bonchev–Trinajstić information content (AvgIpc) is 3.75. The van der Waals surface area contributed by atoms with Crippen LogP contribution in [0, 0.1) is 0 Å². The topological polar surface area (TPSA) is 190 Å². The number of nitrogens with zero attached hydrogens (tertiary/aromatic N) is 7.